The van der Waals surface area contributed by atoms with Gasteiger partial charge in [0.05, 0.1) is 11.2 Å². The van der Waals surface area contributed by atoms with Crippen LogP contribution >= 0.6 is 0 Å². The number of nitrogens with one attached hydrogen (secondary N) is 2. The molecule has 0 saturated heterocycles. The zero-order valence-electron chi connectivity index (χ0n) is 11.9. The third kappa shape index (κ3) is 2.88. The number of para-hydroxylation sites is 2. The van der Waals surface area contributed by atoms with E-state index in [1.807, 2.05) is 24.3 Å². The number of aromatic nitrogens is 2. The van der Waals surface area contributed by atoms with Gasteiger partial charge in [-0.25, -0.2) is 9.37 Å². The van der Waals surface area contributed by atoms with Crippen LogP contribution in [0.2, 0.25) is 0 Å². The van der Waals surface area contributed by atoms with Crippen molar-refractivity contribution in [2.75, 3.05) is 17.2 Å². The molecule has 0 unspecified atom stereocenters. The summed E-state index contributed by atoms with van der Waals surface area (Å²) < 4.78 is 13.7. The van der Waals surface area contributed by atoms with Gasteiger partial charge in [-0.1, -0.05) is 30.3 Å². The zero-order valence-corrected chi connectivity index (χ0v) is 11.9. The highest BCUT2D eigenvalue weighted by molar-refractivity contribution is 5.90. The number of benzene rings is 2. The molecule has 0 aliphatic carbocycles. The predicted octanol–water partition coefficient (Wildman–Crippen LogP) is 4.11. The summed E-state index contributed by atoms with van der Waals surface area (Å²) in [4.78, 5) is 8.85. The molecule has 0 atom stereocenters. The van der Waals surface area contributed by atoms with E-state index >= 15 is 0 Å². The van der Waals surface area contributed by atoms with E-state index in [0.29, 0.717) is 24.0 Å². The molecule has 4 nitrogen and oxygen atoms in total. The Balaban J connectivity index is 2.02. The van der Waals surface area contributed by atoms with Crippen LogP contribution in [0.1, 0.15) is 0 Å². The molecule has 2 aromatic carbocycles. The van der Waals surface area contributed by atoms with Crippen molar-refractivity contribution in [2.24, 2.45) is 0 Å². The number of fused-ring (bicyclic) bond motifs is 1. The smallest absolute Gasteiger partial charge is 0.229 e. The van der Waals surface area contributed by atoms with Crippen molar-refractivity contribution >= 4 is 28.4 Å². The molecule has 2 N–H and O–H groups in total. The Morgan fingerprint density at radius 3 is 2.64 bits per heavy atom. The zero-order chi connectivity index (χ0) is 15.4. The first-order valence-electron chi connectivity index (χ1n) is 6.91. The maximum absolute atomic E-state index is 13.7. The Bertz CT molecular complexity index is 817. The minimum absolute atomic E-state index is 0.340. The Labute approximate surface area is 127 Å². The first kappa shape index (κ1) is 14.0. The lowest BCUT2D eigenvalue weighted by molar-refractivity contribution is 0.631. The van der Waals surface area contributed by atoms with Gasteiger partial charge in [0.25, 0.3) is 0 Å². The van der Waals surface area contributed by atoms with Crippen molar-refractivity contribution in [1.82, 2.24) is 9.97 Å². The summed E-state index contributed by atoms with van der Waals surface area (Å²) in [6.07, 6.45) is 1.75. The van der Waals surface area contributed by atoms with Crippen LogP contribution in [0, 0.1) is 5.82 Å². The minimum Gasteiger partial charge on any atom is -0.366 e. The van der Waals surface area contributed by atoms with Crippen LogP contribution in [0.25, 0.3) is 10.9 Å². The summed E-state index contributed by atoms with van der Waals surface area (Å²) in [7, 11) is 0. The number of nitrogens with zero attached hydrogens (tertiary/aromatic N) is 2. The molecule has 0 aliphatic rings. The van der Waals surface area contributed by atoms with E-state index < -0.39 is 0 Å². The van der Waals surface area contributed by atoms with Gasteiger partial charge in [0.2, 0.25) is 5.95 Å². The molecule has 0 radical (unpaired) electrons. The second kappa shape index (κ2) is 6.22. The number of rotatable bonds is 5. The van der Waals surface area contributed by atoms with Crippen LogP contribution in [-0.4, -0.2) is 16.5 Å². The maximum atomic E-state index is 13.7. The van der Waals surface area contributed by atoms with E-state index in [-0.39, 0.29) is 5.82 Å². The summed E-state index contributed by atoms with van der Waals surface area (Å²) in [6.45, 7) is 4.27. The van der Waals surface area contributed by atoms with Crippen LogP contribution < -0.4 is 10.6 Å². The molecular weight excluding hydrogens is 279 g/mol. The Morgan fingerprint density at radius 1 is 1.05 bits per heavy atom. The molecule has 3 rings (SSSR count). The van der Waals surface area contributed by atoms with Gasteiger partial charge in [0.1, 0.15) is 11.6 Å². The van der Waals surface area contributed by atoms with E-state index in [2.05, 4.69) is 27.2 Å². The molecule has 0 bridgehead atoms. The molecular formula is C17H15FN4. The van der Waals surface area contributed by atoms with E-state index in [1.165, 1.54) is 6.07 Å². The van der Waals surface area contributed by atoms with Crippen LogP contribution in [0.3, 0.4) is 0 Å². The second-order valence-corrected chi connectivity index (χ2v) is 4.69. The van der Waals surface area contributed by atoms with Gasteiger partial charge in [0.15, 0.2) is 0 Å². The highest BCUT2D eigenvalue weighted by Gasteiger charge is 2.08. The maximum Gasteiger partial charge on any atom is 0.229 e. The van der Waals surface area contributed by atoms with Crippen molar-refractivity contribution in [1.29, 1.82) is 0 Å². The average Bonchev–Trinajstić information content (AvgIpc) is 2.55. The van der Waals surface area contributed by atoms with Crippen molar-refractivity contribution in [3.8, 4) is 0 Å². The normalized spacial score (nSPS) is 10.4. The lowest BCUT2D eigenvalue weighted by Crippen LogP contribution is -2.05. The van der Waals surface area contributed by atoms with Crippen LogP contribution in [-0.2, 0) is 0 Å². The summed E-state index contributed by atoms with van der Waals surface area (Å²) in [5.41, 5.74) is 1.12. The third-order valence-electron chi connectivity index (χ3n) is 3.14. The van der Waals surface area contributed by atoms with Gasteiger partial charge >= 0.3 is 0 Å². The van der Waals surface area contributed by atoms with Crippen molar-refractivity contribution < 1.29 is 4.39 Å². The van der Waals surface area contributed by atoms with E-state index in [9.17, 15) is 4.39 Å². The molecule has 110 valence electrons. The average molecular weight is 294 g/mol. The topological polar surface area (TPSA) is 49.8 Å². The summed E-state index contributed by atoms with van der Waals surface area (Å²) >= 11 is 0. The van der Waals surface area contributed by atoms with Gasteiger partial charge in [-0.15, -0.1) is 6.58 Å². The molecule has 5 heteroatoms. The molecule has 1 heterocycles. The Morgan fingerprint density at radius 2 is 1.82 bits per heavy atom. The monoisotopic (exact) mass is 294 g/mol. The van der Waals surface area contributed by atoms with Crippen molar-refractivity contribution in [2.45, 2.75) is 0 Å². The summed E-state index contributed by atoms with van der Waals surface area (Å²) in [6, 6.07) is 14.1. The molecule has 0 aliphatic heterocycles. The fraction of sp³-hybridized carbons (Fsp3) is 0.0588. The van der Waals surface area contributed by atoms with Gasteiger partial charge in [-0.05, 0) is 24.3 Å². The quantitative estimate of drug-likeness (QED) is 0.695. The third-order valence-corrected chi connectivity index (χ3v) is 3.14. The van der Waals surface area contributed by atoms with Gasteiger partial charge in [-0.2, -0.15) is 4.98 Å². The molecule has 22 heavy (non-hydrogen) atoms. The Hall–Kier alpha value is -2.95. The molecule has 1 aromatic heterocycles. The number of hydrogen-bond donors (Lipinski definition) is 2. The van der Waals surface area contributed by atoms with Crippen LogP contribution in [0.5, 0.6) is 0 Å². The highest BCUT2D eigenvalue weighted by atomic mass is 19.1. The van der Waals surface area contributed by atoms with Gasteiger partial charge < -0.3 is 10.6 Å². The number of anilines is 3. The minimum atomic E-state index is -0.347. The number of hydrogen-bond acceptors (Lipinski definition) is 4. The number of halogens is 1. The van der Waals surface area contributed by atoms with Crippen molar-refractivity contribution in [3.63, 3.8) is 0 Å². The largest absolute Gasteiger partial charge is 0.366 e. The molecule has 0 spiro atoms. The summed E-state index contributed by atoms with van der Waals surface area (Å²) in [5.74, 6) is 0.680. The second-order valence-electron chi connectivity index (χ2n) is 4.69. The first-order valence-corrected chi connectivity index (χ1v) is 6.91. The van der Waals surface area contributed by atoms with Crippen LogP contribution in [0.15, 0.2) is 61.2 Å². The fourth-order valence-electron chi connectivity index (χ4n) is 2.12. The van der Waals surface area contributed by atoms with Gasteiger partial charge in [-0.3, -0.25) is 0 Å². The lowest BCUT2D eigenvalue weighted by Gasteiger charge is -2.11. The Kier molecular flexibility index (Phi) is 3.96. The van der Waals surface area contributed by atoms with E-state index in [1.54, 1.807) is 24.3 Å². The standard InChI is InChI=1S/C17H15FN4/c1-2-11-19-16-12-7-3-5-9-14(12)20-17(22-16)21-15-10-6-4-8-13(15)18/h2-10H,1,11H2,(H2,19,20,21,22). The molecule has 0 saturated carbocycles. The van der Waals surface area contributed by atoms with Crippen LogP contribution in [0.4, 0.5) is 21.8 Å². The van der Waals surface area contributed by atoms with Crippen molar-refractivity contribution in [3.05, 3.63) is 67.0 Å². The molecule has 3 aromatic rings. The fourth-order valence-corrected chi connectivity index (χ4v) is 2.12. The van der Waals surface area contributed by atoms with E-state index in [4.69, 9.17) is 0 Å². The predicted molar refractivity (Wildman–Crippen MR) is 87.9 cm³/mol. The SMILES string of the molecule is C=CCNc1nc(Nc2ccccc2F)nc2ccccc12. The lowest BCUT2D eigenvalue weighted by atomic mass is 10.2. The summed E-state index contributed by atoms with van der Waals surface area (Å²) in [5, 5.41) is 7.00. The molecule has 0 fully saturated rings. The highest BCUT2D eigenvalue weighted by Crippen LogP contribution is 2.24. The van der Waals surface area contributed by atoms with E-state index in [0.717, 1.165) is 10.9 Å². The first-order chi connectivity index (χ1) is 10.8. The molecule has 0 amide bonds. The van der Waals surface area contributed by atoms with Gasteiger partial charge in [0, 0.05) is 11.9 Å².